The van der Waals surface area contributed by atoms with E-state index in [4.69, 9.17) is 4.74 Å². The predicted octanol–water partition coefficient (Wildman–Crippen LogP) is 3.66. The molecule has 0 aromatic heterocycles. The first-order valence-corrected chi connectivity index (χ1v) is 7.25. The molecule has 0 bridgehead atoms. The molecule has 0 aliphatic carbocycles. The van der Waals surface area contributed by atoms with Gasteiger partial charge in [-0.15, -0.1) is 0 Å². The minimum Gasteiger partial charge on any atom is -0.462 e. The quantitative estimate of drug-likeness (QED) is 0.828. The molecule has 0 radical (unpaired) electrons. The fourth-order valence-corrected chi connectivity index (χ4v) is 1.85. The molecule has 0 aliphatic heterocycles. The zero-order chi connectivity index (χ0) is 16.5. The van der Waals surface area contributed by atoms with Crippen LogP contribution in [0.15, 0.2) is 60.8 Å². The van der Waals surface area contributed by atoms with Crippen LogP contribution in [0.4, 0.5) is 10.5 Å². The molecule has 2 aromatic rings. The van der Waals surface area contributed by atoms with Crippen molar-refractivity contribution >= 4 is 23.8 Å². The highest BCUT2D eigenvalue weighted by Crippen LogP contribution is 2.10. The third kappa shape index (κ3) is 5.32. The summed E-state index contributed by atoms with van der Waals surface area (Å²) >= 11 is 0. The monoisotopic (exact) mass is 310 g/mol. The van der Waals surface area contributed by atoms with E-state index in [1.807, 2.05) is 30.3 Å². The minimum atomic E-state index is -0.380. The van der Waals surface area contributed by atoms with Gasteiger partial charge in [-0.05, 0) is 42.8 Å². The molecule has 2 aromatic carbocycles. The summed E-state index contributed by atoms with van der Waals surface area (Å²) in [4.78, 5) is 23.3. The topological polar surface area (TPSA) is 67.4 Å². The molecule has 0 aliphatic rings. The predicted molar refractivity (Wildman–Crippen MR) is 90.0 cm³/mol. The average molecular weight is 310 g/mol. The number of ether oxygens (including phenoxy) is 1. The normalized spacial score (nSPS) is 10.3. The van der Waals surface area contributed by atoms with E-state index >= 15 is 0 Å². The van der Waals surface area contributed by atoms with Gasteiger partial charge in [-0.25, -0.2) is 9.59 Å². The first-order chi connectivity index (χ1) is 11.2. The summed E-state index contributed by atoms with van der Waals surface area (Å²) in [6.07, 6.45) is 3.36. The van der Waals surface area contributed by atoms with Gasteiger partial charge in [-0.1, -0.05) is 30.3 Å². The van der Waals surface area contributed by atoms with Gasteiger partial charge in [0.25, 0.3) is 0 Å². The van der Waals surface area contributed by atoms with Gasteiger partial charge in [0.05, 0.1) is 12.2 Å². The van der Waals surface area contributed by atoms with E-state index in [0.717, 1.165) is 5.56 Å². The first kappa shape index (κ1) is 16.3. The van der Waals surface area contributed by atoms with Crippen LogP contribution in [0, 0.1) is 0 Å². The van der Waals surface area contributed by atoms with Gasteiger partial charge in [-0.3, -0.25) is 0 Å². The Morgan fingerprint density at radius 1 is 1.04 bits per heavy atom. The summed E-state index contributed by atoms with van der Waals surface area (Å²) in [7, 11) is 0. The standard InChI is InChI=1S/C18H18N2O3/c1-2-23-17(21)15-8-10-16(11-9-15)20-18(22)19-13-12-14-6-4-3-5-7-14/h3-13H,2H2,1H3,(H2,19,20,22)/b13-12+. The van der Waals surface area contributed by atoms with Crippen molar-refractivity contribution in [1.29, 1.82) is 0 Å². The second-order valence-electron chi connectivity index (χ2n) is 4.64. The lowest BCUT2D eigenvalue weighted by molar-refractivity contribution is 0.0526. The zero-order valence-corrected chi connectivity index (χ0v) is 12.8. The molecule has 23 heavy (non-hydrogen) atoms. The zero-order valence-electron chi connectivity index (χ0n) is 12.8. The average Bonchev–Trinajstić information content (AvgIpc) is 2.57. The molecule has 2 N–H and O–H groups in total. The highest BCUT2D eigenvalue weighted by atomic mass is 16.5. The number of anilines is 1. The van der Waals surface area contributed by atoms with Crippen molar-refractivity contribution in [2.45, 2.75) is 6.92 Å². The first-order valence-electron chi connectivity index (χ1n) is 7.25. The number of esters is 1. The molecular weight excluding hydrogens is 292 g/mol. The molecule has 0 fully saturated rings. The highest BCUT2D eigenvalue weighted by molar-refractivity contribution is 5.92. The van der Waals surface area contributed by atoms with Gasteiger partial charge in [-0.2, -0.15) is 0 Å². The number of rotatable bonds is 5. The van der Waals surface area contributed by atoms with Crippen molar-refractivity contribution < 1.29 is 14.3 Å². The fraction of sp³-hybridized carbons (Fsp3) is 0.111. The van der Waals surface area contributed by atoms with Crippen LogP contribution in [0.2, 0.25) is 0 Å². The fourth-order valence-electron chi connectivity index (χ4n) is 1.85. The van der Waals surface area contributed by atoms with E-state index in [0.29, 0.717) is 17.9 Å². The van der Waals surface area contributed by atoms with Crippen LogP contribution in [0.1, 0.15) is 22.8 Å². The summed E-state index contributed by atoms with van der Waals surface area (Å²) in [5.74, 6) is -0.380. The highest BCUT2D eigenvalue weighted by Gasteiger charge is 2.06. The summed E-state index contributed by atoms with van der Waals surface area (Å²) in [5.41, 5.74) is 2.03. The van der Waals surface area contributed by atoms with Crippen LogP contribution in [-0.4, -0.2) is 18.6 Å². The van der Waals surface area contributed by atoms with Gasteiger partial charge >= 0.3 is 12.0 Å². The summed E-state index contributed by atoms with van der Waals surface area (Å²) in [6.45, 7) is 2.08. The molecule has 5 heteroatoms. The molecule has 0 saturated heterocycles. The Bertz CT molecular complexity index is 679. The van der Waals surface area contributed by atoms with Crippen LogP contribution >= 0.6 is 0 Å². The van der Waals surface area contributed by atoms with E-state index in [-0.39, 0.29) is 12.0 Å². The van der Waals surface area contributed by atoms with Gasteiger partial charge in [0.15, 0.2) is 0 Å². The van der Waals surface area contributed by atoms with Crippen LogP contribution < -0.4 is 10.6 Å². The molecule has 0 heterocycles. The smallest absolute Gasteiger partial charge is 0.338 e. The van der Waals surface area contributed by atoms with Crippen LogP contribution in [-0.2, 0) is 4.74 Å². The largest absolute Gasteiger partial charge is 0.462 e. The Kier molecular flexibility index (Phi) is 5.94. The van der Waals surface area contributed by atoms with E-state index in [1.54, 1.807) is 43.5 Å². The SMILES string of the molecule is CCOC(=O)c1ccc(NC(=O)N/C=C/c2ccccc2)cc1. The Morgan fingerprint density at radius 3 is 2.39 bits per heavy atom. The van der Waals surface area contributed by atoms with Gasteiger partial charge in [0, 0.05) is 11.9 Å². The lowest BCUT2D eigenvalue weighted by Crippen LogP contribution is -2.23. The lowest BCUT2D eigenvalue weighted by atomic mass is 10.2. The summed E-state index contributed by atoms with van der Waals surface area (Å²) in [6, 6.07) is 15.8. The number of hydrogen-bond donors (Lipinski definition) is 2. The van der Waals surface area contributed by atoms with Gasteiger partial charge < -0.3 is 15.4 Å². The molecular formula is C18H18N2O3. The van der Waals surface area contributed by atoms with Crippen LogP contribution in [0.3, 0.4) is 0 Å². The minimum absolute atomic E-state index is 0.328. The van der Waals surface area contributed by atoms with Gasteiger partial charge in [0.2, 0.25) is 0 Å². The number of amides is 2. The van der Waals surface area contributed by atoms with E-state index < -0.39 is 0 Å². The summed E-state index contributed by atoms with van der Waals surface area (Å²) in [5, 5.41) is 5.29. The van der Waals surface area contributed by atoms with Crippen molar-refractivity contribution in [3.63, 3.8) is 0 Å². The third-order valence-electron chi connectivity index (χ3n) is 2.94. The number of hydrogen-bond acceptors (Lipinski definition) is 3. The van der Waals surface area contributed by atoms with E-state index in [9.17, 15) is 9.59 Å². The van der Waals surface area contributed by atoms with Crippen molar-refractivity contribution in [3.05, 3.63) is 71.9 Å². The lowest BCUT2D eigenvalue weighted by Gasteiger charge is -2.06. The van der Waals surface area contributed by atoms with Crippen molar-refractivity contribution in [3.8, 4) is 0 Å². The van der Waals surface area contributed by atoms with E-state index in [1.165, 1.54) is 0 Å². The Morgan fingerprint density at radius 2 is 1.74 bits per heavy atom. The number of nitrogens with one attached hydrogen (secondary N) is 2. The molecule has 0 atom stereocenters. The second-order valence-corrected chi connectivity index (χ2v) is 4.64. The Balaban J connectivity index is 1.85. The Labute approximate surface area is 135 Å². The third-order valence-corrected chi connectivity index (χ3v) is 2.94. The number of urea groups is 1. The molecule has 0 spiro atoms. The van der Waals surface area contributed by atoms with Crippen LogP contribution in [0.25, 0.3) is 6.08 Å². The van der Waals surface area contributed by atoms with Crippen LogP contribution in [0.5, 0.6) is 0 Å². The molecule has 118 valence electrons. The number of benzene rings is 2. The Hall–Kier alpha value is -3.08. The van der Waals surface area contributed by atoms with Crippen molar-refractivity contribution in [2.75, 3.05) is 11.9 Å². The number of carbonyl (C=O) groups is 2. The molecule has 2 rings (SSSR count). The van der Waals surface area contributed by atoms with Crippen molar-refractivity contribution in [1.82, 2.24) is 5.32 Å². The van der Waals surface area contributed by atoms with E-state index in [2.05, 4.69) is 10.6 Å². The maximum absolute atomic E-state index is 11.8. The van der Waals surface area contributed by atoms with Gasteiger partial charge in [0.1, 0.15) is 0 Å². The summed E-state index contributed by atoms with van der Waals surface area (Å²) < 4.78 is 4.90. The maximum atomic E-state index is 11.8. The number of carbonyl (C=O) groups excluding carboxylic acids is 2. The second kappa shape index (κ2) is 8.38. The maximum Gasteiger partial charge on any atom is 0.338 e. The molecule has 2 amide bonds. The van der Waals surface area contributed by atoms with Crippen molar-refractivity contribution in [2.24, 2.45) is 0 Å². The molecule has 0 unspecified atom stereocenters. The molecule has 5 nitrogen and oxygen atoms in total. The molecule has 0 saturated carbocycles.